The Kier molecular flexibility index (Phi) is 6.84. The Morgan fingerprint density at radius 3 is 2.47 bits per heavy atom. The molecule has 0 aromatic heterocycles. The number of hydrogen-bond donors (Lipinski definition) is 2. The van der Waals surface area contributed by atoms with Crippen molar-refractivity contribution in [3.05, 3.63) is 0 Å². The first-order valence-corrected chi connectivity index (χ1v) is 7.28. The summed E-state index contributed by atoms with van der Waals surface area (Å²) in [6.45, 7) is 5.92. The Morgan fingerprint density at radius 1 is 1.32 bits per heavy atom. The molecule has 0 aromatic rings. The van der Waals surface area contributed by atoms with Crippen molar-refractivity contribution in [2.75, 3.05) is 19.6 Å². The van der Waals surface area contributed by atoms with Crippen LogP contribution < -0.4 is 11.1 Å². The zero-order valence-corrected chi connectivity index (χ0v) is 12.2. The van der Waals surface area contributed by atoms with Crippen LogP contribution in [0.5, 0.6) is 0 Å². The lowest BCUT2D eigenvalue weighted by Gasteiger charge is -2.31. The summed E-state index contributed by atoms with van der Waals surface area (Å²) in [5.74, 6) is 0.765. The van der Waals surface area contributed by atoms with Gasteiger partial charge in [-0.2, -0.15) is 0 Å². The number of hydrogen-bond acceptors (Lipinski definition) is 3. The van der Waals surface area contributed by atoms with E-state index in [-0.39, 0.29) is 17.9 Å². The average Bonchev–Trinajstić information content (AvgIpc) is 2.37. The van der Waals surface area contributed by atoms with Gasteiger partial charge in [0.05, 0.1) is 0 Å². The van der Waals surface area contributed by atoms with E-state index in [0.29, 0.717) is 18.9 Å². The van der Waals surface area contributed by atoms with E-state index >= 15 is 0 Å². The van der Waals surface area contributed by atoms with E-state index in [1.54, 1.807) is 6.92 Å². The highest BCUT2D eigenvalue weighted by atomic mass is 16.2. The largest absolute Gasteiger partial charge is 0.353 e. The van der Waals surface area contributed by atoms with Crippen LogP contribution in [0.4, 0.5) is 0 Å². The second-order valence-corrected chi connectivity index (χ2v) is 5.57. The maximum absolute atomic E-state index is 11.8. The summed E-state index contributed by atoms with van der Waals surface area (Å²) in [6, 6.07) is 0.230. The van der Waals surface area contributed by atoms with E-state index in [2.05, 4.69) is 12.2 Å². The third-order valence-electron chi connectivity index (χ3n) is 3.83. The summed E-state index contributed by atoms with van der Waals surface area (Å²) < 4.78 is 0. The SMILES string of the molecule is CC(=O)N1CCC(NC(=O)CCC(C)CCN)CC1. The van der Waals surface area contributed by atoms with Gasteiger partial charge in [-0.25, -0.2) is 0 Å². The zero-order chi connectivity index (χ0) is 14.3. The molecular weight excluding hydrogens is 242 g/mol. The summed E-state index contributed by atoms with van der Waals surface area (Å²) in [7, 11) is 0. The molecule has 3 N–H and O–H groups in total. The van der Waals surface area contributed by atoms with Crippen molar-refractivity contribution in [1.29, 1.82) is 0 Å². The molecule has 1 aliphatic rings. The number of piperidine rings is 1. The summed E-state index contributed by atoms with van der Waals surface area (Å²) in [4.78, 5) is 24.8. The lowest BCUT2D eigenvalue weighted by Crippen LogP contribution is -2.46. The van der Waals surface area contributed by atoms with Gasteiger partial charge in [-0.3, -0.25) is 9.59 Å². The first-order chi connectivity index (χ1) is 9.02. The number of carbonyl (C=O) groups excluding carboxylic acids is 2. The van der Waals surface area contributed by atoms with Crippen LogP contribution in [0.15, 0.2) is 0 Å². The number of amides is 2. The second-order valence-electron chi connectivity index (χ2n) is 5.57. The van der Waals surface area contributed by atoms with E-state index < -0.39 is 0 Å². The van der Waals surface area contributed by atoms with Gasteiger partial charge in [-0.15, -0.1) is 0 Å². The fraction of sp³-hybridized carbons (Fsp3) is 0.857. The van der Waals surface area contributed by atoms with Crippen LogP contribution in [0.1, 0.15) is 46.0 Å². The molecule has 1 heterocycles. The highest BCUT2D eigenvalue weighted by Crippen LogP contribution is 2.12. The fourth-order valence-corrected chi connectivity index (χ4v) is 2.44. The standard InChI is InChI=1S/C14H27N3O2/c1-11(5-8-15)3-4-14(19)16-13-6-9-17(10-7-13)12(2)18/h11,13H,3-10,15H2,1-2H3,(H,16,19). The summed E-state index contributed by atoms with van der Waals surface area (Å²) in [5, 5.41) is 3.07. The topological polar surface area (TPSA) is 75.4 Å². The van der Waals surface area contributed by atoms with Crippen LogP contribution in [0.2, 0.25) is 0 Å². The van der Waals surface area contributed by atoms with E-state index in [0.717, 1.165) is 38.8 Å². The monoisotopic (exact) mass is 269 g/mol. The molecule has 0 aromatic carbocycles. The molecule has 1 rings (SSSR count). The van der Waals surface area contributed by atoms with Crippen LogP contribution in [-0.2, 0) is 9.59 Å². The Labute approximate surface area is 115 Å². The normalized spacial score (nSPS) is 18.2. The van der Waals surface area contributed by atoms with Gasteiger partial charge in [0.1, 0.15) is 0 Å². The van der Waals surface area contributed by atoms with E-state index in [4.69, 9.17) is 5.73 Å². The molecule has 2 amide bonds. The third kappa shape index (κ3) is 6.05. The lowest BCUT2D eigenvalue weighted by molar-refractivity contribution is -0.130. The predicted molar refractivity (Wildman–Crippen MR) is 75.5 cm³/mol. The number of nitrogens with zero attached hydrogens (tertiary/aromatic N) is 1. The number of nitrogens with two attached hydrogens (primary N) is 1. The molecule has 5 nitrogen and oxygen atoms in total. The van der Waals surface area contributed by atoms with Gasteiger partial charge in [-0.05, 0) is 38.1 Å². The molecule has 0 bridgehead atoms. The Morgan fingerprint density at radius 2 is 1.95 bits per heavy atom. The molecule has 0 aliphatic carbocycles. The molecule has 1 aliphatic heterocycles. The Bertz CT molecular complexity index is 299. The first-order valence-electron chi connectivity index (χ1n) is 7.28. The fourth-order valence-electron chi connectivity index (χ4n) is 2.44. The van der Waals surface area contributed by atoms with E-state index in [9.17, 15) is 9.59 Å². The number of rotatable bonds is 6. The van der Waals surface area contributed by atoms with Gasteiger partial charge in [0.2, 0.25) is 11.8 Å². The number of carbonyl (C=O) groups is 2. The predicted octanol–water partition coefficient (Wildman–Crippen LogP) is 0.879. The van der Waals surface area contributed by atoms with Gasteiger partial charge >= 0.3 is 0 Å². The van der Waals surface area contributed by atoms with Crippen molar-refractivity contribution in [3.63, 3.8) is 0 Å². The molecule has 0 spiro atoms. The van der Waals surface area contributed by atoms with E-state index in [1.165, 1.54) is 0 Å². The molecule has 1 fully saturated rings. The maximum atomic E-state index is 11.8. The van der Waals surface area contributed by atoms with Crippen molar-refractivity contribution in [1.82, 2.24) is 10.2 Å². The number of likely N-dealkylation sites (tertiary alicyclic amines) is 1. The van der Waals surface area contributed by atoms with Crippen LogP contribution in [0.3, 0.4) is 0 Å². The van der Waals surface area contributed by atoms with Crippen molar-refractivity contribution in [3.8, 4) is 0 Å². The summed E-state index contributed by atoms with van der Waals surface area (Å²) in [6.07, 6.45) is 4.18. The number of nitrogens with one attached hydrogen (secondary N) is 1. The smallest absolute Gasteiger partial charge is 0.220 e. The highest BCUT2D eigenvalue weighted by molar-refractivity contribution is 5.76. The quantitative estimate of drug-likeness (QED) is 0.751. The molecular formula is C14H27N3O2. The second kappa shape index (κ2) is 8.15. The van der Waals surface area contributed by atoms with Gasteiger partial charge < -0.3 is 16.0 Å². The average molecular weight is 269 g/mol. The van der Waals surface area contributed by atoms with Crippen LogP contribution in [-0.4, -0.2) is 42.4 Å². The molecule has 1 saturated heterocycles. The molecule has 0 saturated carbocycles. The first kappa shape index (κ1) is 16.0. The summed E-state index contributed by atoms with van der Waals surface area (Å²) >= 11 is 0. The third-order valence-corrected chi connectivity index (χ3v) is 3.83. The lowest BCUT2D eigenvalue weighted by atomic mass is 10.0. The minimum atomic E-state index is 0.125. The van der Waals surface area contributed by atoms with Crippen molar-refractivity contribution in [2.45, 2.75) is 52.0 Å². The van der Waals surface area contributed by atoms with Crippen molar-refractivity contribution in [2.24, 2.45) is 11.7 Å². The molecule has 1 unspecified atom stereocenters. The Hall–Kier alpha value is -1.10. The molecule has 0 radical (unpaired) electrons. The van der Waals surface area contributed by atoms with Gasteiger partial charge in [0.15, 0.2) is 0 Å². The molecule has 1 atom stereocenters. The van der Waals surface area contributed by atoms with Gasteiger partial charge in [0.25, 0.3) is 0 Å². The van der Waals surface area contributed by atoms with Crippen molar-refractivity contribution >= 4 is 11.8 Å². The molecule has 19 heavy (non-hydrogen) atoms. The minimum Gasteiger partial charge on any atom is -0.353 e. The van der Waals surface area contributed by atoms with Crippen molar-refractivity contribution < 1.29 is 9.59 Å². The van der Waals surface area contributed by atoms with Gasteiger partial charge in [-0.1, -0.05) is 6.92 Å². The van der Waals surface area contributed by atoms with Crippen LogP contribution in [0, 0.1) is 5.92 Å². The van der Waals surface area contributed by atoms with Crippen LogP contribution in [0.25, 0.3) is 0 Å². The maximum Gasteiger partial charge on any atom is 0.220 e. The Balaban J connectivity index is 2.18. The van der Waals surface area contributed by atoms with Gasteiger partial charge in [0, 0.05) is 32.5 Å². The molecule has 110 valence electrons. The van der Waals surface area contributed by atoms with E-state index in [1.807, 2.05) is 4.90 Å². The molecule has 5 heteroatoms. The zero-order valence-electron chi connectivity index (χ0n) is 12.2. The summed E-state index contributed by atoms with van der Waals surface area (Å²) in [5.41, 5.74) is 5.49. The minimum absolute atomic E-state index is 0.125. The van der Waals surface area contributed by atoms with Crippen LogP contribution >= 0.6 is 0 Å². The highest BCUT2D eigenvalue weighted by Gasteiger charge is 2.21.